The second-order valence-corrected chi connectivity index (χ2v) is 2.28. The second-order valence-electron chi connectivity index (χ2n) is 2.28. The molecule has 1 saturated heterocycles. The highest BCUT2D eigenvalue weighted by molar-refractivity contribution is 4.98. The lowest BCUT2D eigenvalue weighted by Gasteiger charge is -2.20. The minimum absolute atomic E-state index is 0.351. The van der Waals surface area contributed by atoms with Gasteiger partial charge in [-0.05, 0) is 6.42 Å². The largest absolute Gasteiger partial charge is 0.389 e. The number of rotatable bonds is 0. The summed E-state index contributed by atoms with van der Waals surface area (Å²) in [6.07, 6.45) is 2.03. The zero-order valence-corrected chi connectivity index (χ0v) is 4.98. The van der Waals surface area contributed by atoms with Crippen molar-refractivity contribution >= 4 is 0 Å². The van der Waals surface area contributed by atoms with Crippen molar-refractivity contribution in [3.8, 4) is 0 Å². The smallest absolute Gasteiger partial charge is 0.0158 e. The maximum Gasteiger partial charge on any atom is 0.0158 e. The molecule has 0 aromatic heterocycles. The number of hydrogen-bond donors (Lipinski definition) is 2. The monoisotopic (exact) mass is 112 g/mol. The molecule has 1 fully saturated rings. The molecule has 1 aliphatic rings. The molecule has 2 nitrogen and oxygen atoms in total. The van der Waals surface area contributed by atoms with Crippen LogP contribution in [-0.2, 0) is 0 Å². The summed E-state index contributed by atoms with van der Waals surface area (Å²) in [7, 11) is 0. The van der Waals surface area contributed by atoms with Crippen molar-refractivity contribution in [2.45, 2.75) is 18.9 Å². The highest BCUT2D eigenvalue weighted by Gasteiger charge is 2.08. The third-order valence-electron chi connectivity index (χ3n) is 1.40. The first-order chi connectivity index (χ1) is 3.79. The minimum atomic E-state index is 0.351. The van der Waals surface area contributed by atoms with Gasteiger partial charge in [0.05, 0.1) is 0 Å². The first-order valence-electron chi connectivity index (χ1n) is 2.96. The van der Waals surface area contributed by atoms with Crippen molar-refractivity contribution in [2.24, 2.45) is 5.73 Å². The maximum absolute atomic E-state index is 5.62. The molecule has 0 aromatic rings. The average Bonchev–Trinajstić information content (AvgIpc) is 1.64. The summed E-state index contributed by atoms with van der Waals surface area (Å²) in [6.45, 7) is 4.77. The van der Waals surface area contributed by atoms with E-state index in [-0.39, 0.29) is 0 Å². The first-order valence-corrected chi connectivity index (χ1v) is 2.96. The highest BCUT2D eigenvalue weighted by Crippen LogP contribution is 2.05. The van der Waals surface area contributed by atoms with Crippen LogP contribution < -0.4 is 11.1 Å². The van der Waals surface area contributed by atoms with Crippen molar-refractivity contribution < 1.29 is 0 Å². The number of nitrogens with one attached hydrogen (secondary N) is 1. The Morgan fingerprint density at radius 1 is 1.75 bits per heavy atom. The van der Waals surface area contributed by atoms with Crippen LogP contribution in [0.1, 0.15) is 12.8 Å². The van der Waals surface area contributed by atoms with Crippen LogP contribution in [0.4, 0.5) is 0 Å². The molecule has 8 heavy (non-hydrogen) atoms. The molecule has 0 aromatic carbocycles. The van der Waals surface area contributed by atoms with E-state index < -0.39 is 0 Å². The van der Waals surface area contributed by atoms with Crippen LogP contribution in [0.3, 0.4) is 0 Å². The number of piperidine rings is 1. The van der Waals surface area contributed by atoms with E-state index in [2.05, 4.69) is 11.9 Å². The Balaban J connectivity index is 2.34. The fourth-order valence-corrected chi connectivity index (χ4v) is 0.925. The van der Waals surface area contributed by atoms with E-state index in [0.29, 0.717) is 6.04 Å². The molecule has 1 rings (SSSR count). The van der Waals surface area contributed by atoms with Crippen LogP contribution in [0.25, 0.3) is 0 Å². The summed E-state index contributed by atoms with van der Waals surface area (Å²) in [4.78, 5) is 0. The van der Waals surface area contributed by atoms with Gasteiger partial charge in [-0.3, -0.25) is 0 Å². The summed E-state index contributed by atoms with van der Waals surface area (Å²) in [5.41, 5.74) is 6.71. The van der Waals surface area contributed by atoms with Crippen molar-refractivity contribution in [1.29, 1.82) is 0 Å². The summed E-state index contributed by atoms with van der Waals surface area (Å²) >= 11 is 0. The lowest BCUT2D eigenvalue weighted by Crippen LogP contribution is -2.33. The van der Waals surface area contributed by atoms with E-state index in [9.17, 15) is 0 Å². The average molecular weight is 112 g/mol. The van der Waals surface area contributed by atoms with Crippen LogP contribution in [0.15, 0.2) is 12.3 Å². The van der Waals surface area contributed by atoms with E-state index in [1.54, 1.807) is 0 Å². The fourth-order valence-electron chi connectivity index (χ4n) is 0.925. The molecule has 0 spiro atoms. The molecule has 0 amide bonds. The topological polar surface area (TPSA) is 38.0 Å². The normalized spacial score (nSPS) is 29.6. The number of nitrogens with two attached hydrogens (primary N) is 1. The van der Waals surface area contributed by atoms with E-state index in [1.165, 1.54) is 0 Å². The predicted octanol–water partition coefficient (Wildman–Crippen LogP) is 0.211. The van der Waals surface area contributed by atoms with Gasteiger partial charge in [0, 0.05) is 24.7 Å². The van der Waals surface area contributed by atoms with Gasteiger partial charge < -0.3 is 11.1 Å². The molecule has 3 N–H and O–H groups in total. The first kappa shape index (κ1) is 5.63. The van der Waals surface area contributed by atoms with Crippen LogP contribution in [0.2, 0.25) is 0 Å². The third kappa shape index (κ3) is 1.23. The lowest BCUT2D eigenvalue weighted by atomic mass is 10.1. The second kappa shape index (κ2) is 2.18. The van der Waals surface area contributed by atoms with Crippen molar-refractivity contribution in [1.82, 2.24) is 5.32 Å². The summed E-state index contributed by atoms with van der Waals surface area (Å²) in [5, 5.41) is 3.14. The molecule has 1 aliphatic heterocycles. The summed E-state index contributed by atoms with van der Waals surface area (Å²) in [6, 6.07) is 0.351. The van der Waals surface area contributed by atoms with Crippen LogP contribution >= 0.6 is 0 Å². The third-order valence-corrected chi connectivity index (χ3v) is 1.40. The molecule has 1 atom stereocenters. The standard InChI is InChI=1S/C6H12N2/c1-5-4-6(7)2-3-8-5/h6,8H,1-4,7H2. The fraction of sp³-hybridized carbons (Fsp3) is 0.667. The van der Waals surface area contributed by atoms with Crippen molar-refractivity contribution in [3.05, 3.63) is 12.3 Å². The molecule has 0 aliphatic carbocycles. The number of hydrogen-bond acceptors (Lipinski definition) is 2. The van der Waals surface area contributed by atoms with Gasteiger partial charge in [0.2, 0.25) is 0 Å². The quantitative estimate of drug-likeness (QED) is 0.470. The zero-order chi connectivity index (χ0) is 5.98. The summed E-state index contributed by atoms with van der Waals surface area (Å²) in [5.74, 6) is 0. The van der Waals surface area contributed by atoms with Crippen LogP contribution in [0.5, 0.6) is 0 Å². The van der Waals surface area contributed by atoms with E-state index in [1.807, 2.05) is 0 Å². The van der Waals surface area contributed by atoms with Gasteiger partial charge >= 0.3 is 0 Å². The van der Waals surface area contributed by atoms with E-state index >= 15 is 0 Å². The molecule has 0 saturated carbocycles. The molecule has 2 heteroatoms. The highest BCUT2D eigenvalue weighted by atomic mass is 14.9. The lowest BCUT2D eigenvalue weighted by molar-refractivity contribution is 0.514. The van der Waals surface area contributed by atoms with Gasteiger partial charge in [0.15, 0.2) is 0 Å². The van der Waals surface area contributed by atoms with Gasteiger partial charge in [-0.2, -0.15) is 0 Å². The van der Waals surface area contributed by atoms with Gasteiger partial charge in [-0.1, -0.05) is 6.58 Å². The van der Waals surface area contributed by atoms with E-state index in [4.69, 9.17) is 5.73 Å². The molecule has 0 radical (unpaired) electrons. The molecule has 0 bridgehead atoms. The Bertz CT molecular complexity index is 98.7. The van der Waals surface area contributed by atoms with Gasteiger partial charge in [0.1, 0.15) is 0 Å². The van der Waals surface area contributed by atoms with E-state index in [0.717, 1.165) is 25.1 Å². The van der Waals surface area contributed by atoms with Gasteiger partial charge in [0.25, 0.3) is 0 Å². The van der Waals surface area contributed by atoms with Crippen LogP contribution in [0, 0.1) is 0 Å². The molecular weight excluding hydrogens is 100 g/mol. The SMILES string of the molecule is C=C1CC(N)CCN1. The zero-order valence-electron chi connectivity index (χ0n) is 4.98. The Morgan fingerprint density at radius 2 is 2.50 bits per heavy atom. The van der Waals surface area contributed by atoms with Gasteiger partial charge in [-0.15, -0.1) is 0 Å². The predicted molar refractivity (Wildman–Crippen MR) is 34.4 cm³/mol. The Morgan fingerprint density at radius 3 is 2.88 bits per heavy atom. The maximum atomic E-state index is 5.62. The van der Waals surface area contributed by atoms with Crippen LogP contribution in [-0.4, -0.2) is 12.6 Å². The van der Waals surface area contributed by atoms with Gasteiger partial charge in [-0.25, -0.2) is 0 Å². The Hall–Kier alpha value is -0.500. The molecule has 1 unspecified atom stereocenters. The molecule has 1 heterocycles. The van der Waals surface area contributed by atoms with Crippen molar-refractivity contribution in [3.63, 3.8) is 0 Å². The Labute approximate surface area is 49.8 Å². The molecular formula is C6H12N2. The minimum Gasteiger partial charge on any atom is -0.389 e. The van der Waals surface area contributed by atoms with Crippen molar-refractivity contribution in [2.75, 3.05) is 6.54 Å². The summed E-state index contributed by atoms with van der Waals surface area (Å²) < 4.78 is 0. The Kier molecular flexibility index (Phi) is 1.53. The molecule has 46 valence electrons.